The van der Waals surface area contributed by atoms with Crippen LogP contribution in [0.3, 0.4) is 0 Å². The first-order valence-electron chi connectivity index (χ1n) is 5.39. The summed E-state index contributed by atoms with van der Waals surface area (Å²) in [6.45, 7) is 4.01. The smallest absolute Gasteiger partial charge is 0.118 e. The fourth-order valence-corrected chi connectivity index (χ4v) is 1.82. The molecule has 2 aliphatic rings. The van der Waals surface area contributed by atoms with Crippen LogP contribution < -0.4 is 10.6 Å². The lowest BCUT2D eigenvalue weighted by Gasteiger charge is -2.23. The molecule has 0 bridgehead atoms. The average molecular weight is 194 g/mol. The number of dihydropyridines is 1. The SMILES string of the molecule is C1=CC(OCC2CCCNC2)=CCN1. The molecule has 3 heteroatoms. The lowest BCUT2D eigenvalue weighted by molar-refractivity contribution is 0.155. The summed E-state index contributed by atoms with van der Waals surface area (Å²) in [5.74, 6) is 1.70. The lowest BCUT2D eigenvalue weighted by atomic mass is 10.0. The Balaban J connectivity index is 1.70. The van der Waals surface area contributed by atoms with E-state index in [1.807, 2.05) is 12.3 Å². The number of hydrogen-bond acceptors (Lipinski definition) is 3. The van der Waals surface area contributed by atoms with Gasteiger partial charge in [0, 0.05) is 25.2 Å². The van der Waals surface area contributed by atoms with Crippen molar-refractivity contribution in [3.8, 4) is 0 Å². The first-order valence-corrected chi connectivity index (χ1v) is 5.39. The Hall–Kier alpha value is -0.960. The lowest BCUT2D eigenvalue weighted by Crippen LogP contribution is -2.32. The van der Waals surface area contributed by atoms with Gasteiger partial charge in [0.25, 0.3) is 0 Å². The predicted octanol–water partition coefficient (Wildman–Crippen LogP) is 1.00. The Morgan fingerprint density at radius 1 is 1.50 bits per heavy atom. The van der Waals surface area contributed by atoms with Crippen LogP contribution in [-0.4, -0.2) is 26.2 Å². The minimum Gasteiger partial charge on any atom is -0.493 e. The second-order valence-electron chi connectivity index (χ2n) is 3.87. The summed E-state index contributed by atoms with van der Waals surface area (Å²) in [6.07, 6.45) is 8.58. The molecule has 1 fully saturated rings. The highest BCUT2D eigenvalue weighted by Gasteiger charge is 2.13. The molecule has 1 unspecified atom stereocenters. The van der Waals surface area contributed by atoms with Crippen molar-refractivity contribution in [2.45, 2.75) is 12.8 Å². The van der Waals surface area contributed by atoms with Crippen molar-refractivity contribution >= 4 is 0 Å². The van der Waals surface area contributed by atoms with E-state index < -0.39 is 0 Å². The van der Waals surface area contributed by atoms with E-state index in [0.29, 0.717) is 5.92 Å². The van der Waals surface area contributed by atoms with Crippen molar-refractivity contribution < 1.29 is 4.74 Å². The van der Waals surface area contributed by atoms with Gasteiger partial charge in [0.15, 0.2) is 0 Å². The van der Waals surface area contributed by atoms with Crippen LogP contribution in [0.2, 0.25) is 0 Å². The van der Waals surface area contributed by atoms with Crippen molar-refractivity contribution in [2.75, 3.05) is 26.2 Å². The predicted molar refractivity (Wildman–Crippen MR) is 56.8 cm³/mol. The van der Waals surface area contributed by atoms with Crippen LogP contribution in [0, 0.1) is 5.92 Å². The highest BCUT2D eigenvalue weighted by atomic mass is 16.5. The molecule has 0 aromatic rings. The molecule has 0 amide bonds. The van der Waals surface area contributed by atoms with Crippen LogP contribution >= 0.6 is 0 Å². The number of nitrogens with one attached hydrogen (secondary N) is 2. The number of hydrogen-bond donors (Lipinski definition) is 2. The molecule has 14 heavy (non-hydrogen) atoms. The van der Waals surface area contributed by atoms with Crippen molar-refractivity contribution in [1.82, 2.24) is 10.6 Å². The average Bonchev–Trinajstić information content (AvgIpc) is 2.29. The molecule has 2 aliphatic heterocycles. The molecule has 1 atom stereocenters. The number of piperidine rings is 1. The molecule has 78 valence electrons. The molecule has 0 aromatic heterocycles. The van der Waals surface area contributed by atoms with Gasteiger partial charge in [-0.25, -0.2) is 0 Å². The Morgan fingerprint density at radius 3 is 3.21 bits per heavy atom. The molecule has 0 radical (unpaired) electrons. The maximum absolute atomic E-state index is 5.72. The molecule has 2 heterocycles. The summed E-state index contributed by atoms with van der Waals surface area (Å²) >= 11 is 0. The van der Waals surface area contributed by atoms with Gasteiger partial charge in [-0.2, -0.15) is 0 Å². The highest BCUT2D eigenvalue weighted by Crippen LogP contribution is 2.12. The number of ether oxygens (including phenoxy) is 1. The highest BCUT2D eigenvalue weighted by molar-refractivity contribution is 5.15. The molecule has 2 rings (SSSR count). The summed E-state index contributed by atoms with van der Waals surface area (Å²) in [5, 5.41) is 6.50. The largest absolute Gasteiger partial charge is 0.493 e. The first-order chi connectivity index (χ1) is 6.95. The van der Waals surface area contributed by atoms with E-state index in [4.69, 9.17) is 4.74 Å². The Labute approximate surface area is 85.2 Å². The van der Waals surface area contributed by atoms with E-state index in [9.17, 15) is 0 Å². The topological polar surface area (TPSA) is 33.3 Å². The molecular formula is C11H18N2O. The molecular weight excluding hydrogens is 176 g/mol. The Kier molecular flexibility index (Phi) is 3.46. The molecule has 0 aliphatic carbocycles. The van der Waals surface area contributed by atoms with Crippen LogP contribution in [-0.2, 0) is 4.74 Å². The fourth-order valence-electron chi connectivity index (χ4n) is 1.82. The quantitative estimate of drug-likeness (QED) is 0.703. The van der Waals surface area contributed by atoms with Crippen LogP contribution in [0.25, 0.3) is 0 Å². The number of rotatable bonds is 3. The Morgan fingerprint density at radius 2 is 2.50 bits per heavy atom. The molecule has 0 aromatic carbocycles. The fraction of sp³-hybridized carbons (Fsp3) is 0.636. The van der Waals surface area contributed by atoms with Gasteiger partial charge in [-0.15, -0.1) is 0 Å². The summed E-state index contributed by atoms with van der Waals surface area (Å²) < 4.78 is 5.72. The third-order valence-corrected chi connectivity index (χ3v) is 2.67. The second-order valence-corrected chi connectivity index (χ2v) is 3.87. The minimum atomic E-state index is 0.688. The first kappa shape index (κ1) is 9.59. The van der Waals surface area contributed by atoms with Gasteiger partial charge in [0.2, 0.25) is 0 Å². The standard InChI is InChI=1S/C11H18N2O/c1-2-10(8-13-5-1)9-14-11-3-6-12-7-4-11/h3-4,6,10,12-13H,1-2,5,7-9H2. The van der Waals surface area contributed by atoms with Crippen LogP contribution in [0.1, 0.15) is 12.8 Å². The van der Waals surface area contributed by atoms with E-state index in [0.717, 1.165) is 25.5 Å². The van der Waals surface area contributed by atoms with Gasteiger partial charge in [-0.1, -0.05) is 0 Å². The zero-order valence-electron chi connectivity index (χ0n) is 8.46. The van der Waals surface area contributed by atoms with E-state index in [2.05, 4.69) is 16.7 Å². The molecule has 0 spiro atoms. The van der Waals surface area contributed by atoms with Gasteiger partial charge in [-0.3, -0.25) is 0 Å². The summed E-state index contributed by atoms with van der Waals surface area (Å²) in [5.41, 5.74) is 0. The Bertz CT molecular complexity index is 229. The monoisotopic (exact) mass is 194 g/mol. The normalized spacial score (nSPS) is 26.6. The van der Waals surface area contributed by atoms with E-state index >= 15 is 0 Å². The van der Waals surface area contributed by atoms with E-state index in [1.165, 1.54) is 19.4 Å². The van der Waals surface area contributed by atoms with Crippen molar-refractivity contribution in [1.29, 1.82) is 0 Å². The van der Waals surface area contributed by atoms with Crippen LogP contribution in [0.15, 0.2) is 24.1 Å². The van der Waals surface area contributed by atoms with Crippen molar-refractivity contribution in [3.05, 3.63) is 24.1 Å². The second kappa shape index (κ2) is 5.05. The van der Waals surface area contributed by atoms with Gasteiger partial charge in [-0.05, 0) is 31.5 Å². The van der Waals surface area contributed by atoms with Gasteiger partial charge in [0.05, 0.1) is 6.61 Å². The third kappa shape index (κ3) is 2.77. The maximum Gasteiger partial charge on any atom is 0.118 e. The third-order valence-electron chi connectivity index (χ3n) is 2.67. The van der Waals surface area contributed by atoms with E-state index in [-0.39, 0.29) is 0 Å². The molecule has 0 saturated carbocycles. The zero-order valence-corrected chi connectivity index (χ0v) is 8.46. The van der Waals surface area contributed by atoms with E-state index in [1.54, 1.807) is 0 Å². The van der Waals surface area contributed by atoms with Crippen molar-refractivity contribution in [3.63, 3.8) is 0 Å². The van der Waals surface area contributed by atoms with Crippen LogP contribution in [0.5, 0.6) is 0 Å². The summed E-state index contributed by atoms with van der Waals surface area (Å²) in [7, 11) is 0. The number of allylic oxidation sites excluding steroid dienone is 1. The zero-order chi connectivity index (χ0) is 9.64. The van der Waals surface area contributed by atoms with Gasteiger partial charge in [0.1, 0.15) is 5.76 Å². The van der Waals surface area contributed by atoms with Gasteiger partial charge >= 0.3 is 0 Å². The molecule has 2 N–H and O–H groups in total. The van der Waals surface area contributed by atoms with Crippen molar-refractivity contribution in [2.24, 2.45) is 5.92 Å². The molecule has 3 nitrogen and oxygen atoms in total. The maximum atomic E-state index is 5.72. The summed E-state index contributed by atoms with van der Waals surface area (Å²) in [6, 6.07) is 0. The molecule has 1 saturated heterocycles. The minimum absolute atomic E-state index is 0.688. The van der Waals surface area contributed by atoms with Crippen LogP contribution in [0.4, 0.5) is 0 Å². The van der Waals surface area contributed by atoms with Gasteiger partial charge < -0.3 is 15.4 Å². The summed E-state index contributed by atoms with van der Waals surface area (Å²) in [4.78, 5) is 0.